The van der Waals surface area contributed by atoms with E-state index in [0.29, 0.717) is 12.8 Å². The SMILES string of the molecule is CNC(=O)C1(c2nc(-c3ccccc3OC(F)(F)F)no2)CCC1. The molecule has 1 aliphatic rings. The molecule has 3 rings (SSSR count). The maximum absolute atomic E-state index is 12.5. The van der Waals surface area contributed by atoms with Gasteiger partial charge in [-0.25, -0.2) is 0 Å². The summed E-state index contributed by atoms with van der Waals surface area (Å²) in [5, 5.41) is 6.29. The van der Waals surface area contributed by atoms with Gasteiger partial charge in [0.05, 0.1) is 5.56 Å². The van der Waals surface area contributed by atoms with Gasteiger partial charge in [-0.15, -0.1) is 13.2 Å². The minimum Gasteiger partial charge on any atom is -0.405 e. The first-order valence-corrected chi connectivity index (χ1v) is 7.27. The van der Waals surface area contributed by atoms with Gasteiger partial charge in [0.1, 0.15) is 11.2 Å². The lowest BCUT2D eigenvalue weighted by molar-refractivity contribution is -0.274. The summed E-state index contributed by atoms with van der Waals surface area (Å²) in [7, 11) is 1.51. The molecule has 0 unspecified atom stereocenters. The number of amides is 1. The van der Waals surface area contributed by atoms with Gasteiger partial charge < -0.3 is 14.6 Å². The second-order valence-corrected chi connectivity index (χ2v) is 5.48. The molecule has 1 aromatic heterocycles. The fourth-order valence-corrected chi connectivity index (χ4v) is 2.70. The van der Waals surface area contributed by atoms with Gasteiger partial charge in [-0.1, -0.05) is 23.7 Å². The van der Waals surface area contributed by atoms with Crippen molar-refractivity contribution in [3.8, 4) is 17.1 Å². The molecule has 24 heavy (non-hydrogen) atoms. The van der Waals surface area contributed by atoms with E-state index in [1.54, 1.807) is 0 Å². The number of halogens is 3. The number of nitrogens with zero attached hydrogens (tertiary/aromatic N) is 2. The third kappa shape index (κ3) is 2.81. The minimum atomic E-state index is -4.83. The number of hydrogen-bond acceptors (Lipinski definition) is 5. The number of ether oxygens (including phenoxy) is 1. The van der Waals surface area contributed by atoms with Crippen LogP contribution in [-0.2, 0) is 10.2 Å². The Labute approximate surface area is 135 Å². The molecule has 0 radical (unpaired) electrons. The standard InChI is InChI=1S/C15H14F3N3O3/c1-19-12(22)14(7-4-8-14)13-20-11(21-24-13)9-5-2-3-6-10(9)23-15(16,17)18/h2-3,5-6H,4,7-8H2,1H3,(H,19,22). The predicted molar refractivity (Wildman–Crippen MR) is 76.0 cm³/mol. The molecular weight excluding hydrogens is 327 g/mol. The number of rotatable bonds is 4. The van der Waals surface area contributed by atoms with Gasteiger partial charge in [0.2, 0.25) is 17.6 Å². The van der Waals surface area contributed by atoms with Crippen molar-refractivity contribution in [2.45, 2.75) is 31.0 Å². The van der Waals surface area contributed by atoms with Crippen LogP contribution in [0.3, 0.4) is 0 Å². The Morgan fingerprint density at radius 1 is 1.33 bits per heavy atom. The molecule has 1 N–H and O–H groups in total. The van der Waals surface area contributed by atoms with E-state index < -0.39 is 17.5 Å². The molecule has 9 heteroatoms. The average molecular weight is 341 g/mol. The van der Waals surface area contributed by atoms with Crippen molar-refractivity contribution in [3.05, 3.63) is 30.2 Å². The lowest BCUT2D eigenvalue weighted by Crippen LogP contribution is -2.48. The number of hydrogen-bond donors (Lipinski definition) is 1. The fourth-order valence-electron chi connectivity index (χ4n) is 2.70. The van der Waals surface area contributed by atoms with Crippen LogP contribution < -0.4 is 10.1 Å². The van der Waals surface area contributed by atoms with Gasteiger partial charge in [0.25, 0.3) is 0 Å². The van der Waals surface area contributed by atoms with Gasteiger partial charge in [-0.05, 0) is 25.0 Å². The zero-order valence-corrected chi connectivity index (χ0v) is 12.7. The summed E-state index contributed by atoms with van der Waals surface area (Å²) in [5.74, 6) is -0.631. The van der Waals surface area contributed by atoms with Crippen LogP contribution in [0.4, 0.5) is 13.2 Å². The van der Waals surface area contributed by atoms with Crippen LogP contribution in [-0.4, -0.2) is 29.5 Å². The number of likely N-dealkylation sites (N-methyl/N-ethyl adjacent to an activating group) is 1. The summed E-state index contributed by atoms with van der Waals surface area (Å²) in [6, 6.07) is 5.50. The highest BCUT2D eigenvalue weighted by Gasteiger charge is 2.50. The summed E-state index contributed by atoms with van der Waals surface area (Å²) in [6.45, 7) is 0. The van der Waals surface area contributed by atoms with Crippen molar-refractivity contribution in [1.82, 2.24) is 15.5 Å². The number of nitrogens with one attached hydrogen (secondary N) is 1. The maximum Gasteiger partial charge on any atom is 0.573 e. The molecule has 0 spiro atoms. The molecule has 1 fully saturated rings. The van der Waals surface area contributed by atoms with Gasteiger partial charge in [0, 0.05) is 7.05 Å². The number of carbonyl (C=O) groups is 1. The smallest absolute Gasteiger partial charge is 0.405 e. The van der Waals surface area contributed by atoms with Crippen molar-refractivity contribution in [2.75, 3.05) is 7.05 Å². The Morgan fingerprint density at radius 3 is 2.62 bits per heavy atom. The highest BCUT2D eigenvalue weighted by Crippen LogP contribution is 2.44. The maximum atomic E-state index is 12.5. The largest absolute Gasteiger partial charge is 0.573 e. The number of aromatic nitrogens is 2. The minimum absolute atomic E-state index is 0.0382. The van der Waals surface area contributed by atoms with Crippen LogP contribution >= 0.6 is 0 Å². The van der Waals surface area contributed by atoms with E-state index in [1.807, 2.05) is 0 Å². The van der Waals surface area contributed by atoms with Crippen molar-refractivity contribution >= 4 is 5.91 Å². The zero-order chi connectivity index (χ0) is 17.4. The molecule has 0 bridgehead atoms. The van der Waals surface area contributed by atoms with Gasteiger partial charge in [-0.2, -0.15) is 4.98 Å². The van der Waals surface area contributed by atoms with E-state index in [-0.39, 0.29) is 23.2 Å². The molecule has 0 saturated heterocycles. The van der Waals surface area contributed by atoms with E-state index in [4.69, 9.17) is 4.52 Å². The summed E-state index contributed by atoms with van der Waals surface area (Å²) in [6.07, 6.45) is -2.90. The van der Waals surface area contributed by atoms with Crippen LogP contribution in [0.5, 0.6) is 5.75 Å². The molecule has 1 heterocycles. The molecular formula is C15H14F3N3O3. The van der Waals surface area contributed by atoms with Crippen molar-refractivity contribution in [1.29, 1.82) is 0 Å². The fraction of sp³-hybridized carbons (Fsp3) is 0.400. The Bertz CT molecular complexity index is 754. The topological polar surface area (TPSA) is 77.2 Å². The van der Waals surface area contributed by atoms with Crippen LogP contribution in [0.15, 0.2) is 28.8 Å². The van der Waals surface area contributed by atoms with Crippen LogP contribution in [0.1, 0.15) is 25.2 Å². The van der Waals surface area contributed by atoms with Gasteiger partial charge >= 0.3 is 6.36 Å². The van der Waals surface area contributed by atoms with Crippen molar-refractivity contribution < 1.29 is 27.2 Å². The van der Waals surface area contributed by atoms with E-state index in [9.17, 15) is 18.0 Å². The molecule has 0 aliphatic heterocycles. The predicted octanol–water partition coefficient (Wildman–Crippen LogP) is 2.80. The summed E-state index contributed by atoms with van der Waals surface area (Å²) in [5.41, 5.74) is -0.865. The van der Waals surface area contributed by atoms with Gasteiger partial charge in [-0.3, -0.25) is 4.79 Å². The summed E-state index contributed by atoms with van der Waals surface area (Å²) >= 11 is 0. The normalized spacial score (nSPS) is 16.3. The van der Waals surface area contributed by atoms with E-state index in [2.05, 4.69) is 20.2 Å². The molecule has 1 saturated carbocycles. The number of benzene rings is 1. The molecule has 2 aromatic rings. The second kappa shape index (κ2) is 5.81. The Kier molecular flexibility index (Phi) is 3.94. The summed E-state index contributed by atoms with van der Waals surface area (Å²) in [4.78, 5) is 16.3. The zero-order valence-electron chi connectivity index (χ0n) is 12.7. The first-order valence-electron chi connectivity index (χ1n) is 7.27. The monoisotopic (exact) mass is 341 g/mol. The molecule has 6 nitrogen and oxygen atoms in total. The summed E-state index contributed by atoms with van der Waals surface area (Å²) < 4.78 is 46.7. The van der Waals surface area contributed by atoms with Crippen LogP contribution in [0.25, 0.3) is 11.4 Å². The van der Waals surface area contributed by atoms with E-state index in [0.717, 1.165) is 12.5 Å². The third-order valence-electron chi connectivity index (χ3n) is 4.06. The molecule has 128 valence electrons. The van der Waals surface area contributed by atoms with Crippen LogP contribution in [0.2, 0.25) is 0 Å². The molecule has 1 aliphatic carbocycles. The van der Waals surface area contributed by atoms with Crippen LogP contribution in [0, 0.1) is 0 Å². The number of alkyl halides is 3. The first-order chi connectivity index (χ1) is 11.4. The first kappa shape index (κ1) is 16.3. The second-order valence-electron chi connectivity index (χ2n) is 5.48. The van der Waals surface area contributed by atoms with Crippen molar-refractivity contribution in [2.24, 2.45) is 0 Å². The number of para-hydroxylation sites is 1. The Hall–Kier alpha value is -2.58. The lowest BCUT2D eigenvalue weighted by Gasteiger charge is -2.35. The number of carbonyl (C=O) groups excluding carboxylic acids is 1. The van der Waals surface area contributed by atoms with E-state index in [1.165, 1.54) is 25.2 Å². The van der Waals surface area contributed by atoms with Gasteiger partial charge in [0.15, 0.2) is 0 Å². The lowest BCUT2D eigenvalue weighted by atomic mass is 9.68. The third-order valence-corrected chi connectivity index (χ3v) is 4.06. The Balaban J connectivity index is 1.96. The highest BCUT2D eigenvalue weighted by atomic mass is 19.4. The average Bonchev–Trinajstić information content (AvgIpc) is 2.94. The highest BCUT2D eigenvalue weighted by molar-refractivity contribution is 5.88. The molecule has 1 amide bonds. The Morgan fingerprint density at radius 2 is 2.04 bits per heavy atom. The molecule has 1 aromatic carbocycles. The quantitative estimate of drug-likeness (QED) is 0.925. The van der Waals surface area contributed by atoms with Crippen molar-refractivity contribution in [3.63, 3.8) is 0 Å². The molecule has 0 atom stereocenters. The van der Waals surface area contributed by atoms with E-state index >= 15 is 0 Å².